The van der Waals surface area contributed by atoms with Gasteiger partial charge in [0.05, 0.1) is 23.9 Å². The zero-order valence-electron chi connectivity index (χ0n) is 18.0. The van der Waals surface area contributed by atoms with E-state index in [4.69, 9.17) is 10.5 Å². The Bertz CT molecular complexity index is 1430. The standard InChI is InChI=1S/C25H19F2N5O2/c1-29-23(33)12-25(28)17-9-14(16-3-2-7-31-24(16)27)4-5-20(17)34-21-13-32-19(11-18(21)25)15-6-8-30-22(26)10-15/h2-11,13H,12,28H2,1H3,(H,29,33). The van der Waals surface area contributed by atoms with Gasteiger partial charge in [0.1, 0.15) is 5.75 Å². The van der Waals surface area contributed by atoms with Gasteiger partial charge in [-0.15, -0.1) is 0 Å². The number of carbonyl (C=O) groups is 1. The number of ether oxygens (including phenoxy) is 1. The lowest BCUT2D eigenvalue weighted by atomic mass is 9.77. The molecule has 4 heterocycles. The SMILES string of the molecule is CNC(=O)CC1(N)c2cc(-c3cccnc3F)ccc2Oc2cnc(-c3ccnc(F)c3)cc21. The van der Waals surface area contributed by atoms with Crippen LogP contribution < -0.4 is 15.8 Å². The molecule has 0 aliphatic carbocycles. The van der Waals surface area contributed by atoms with Gasteiger partial charge in [-0.05, 0) is 42.0 Å². The third kappa shape index (κ3) is 3.65. The van der Waals surface area contributed by atoms with Crippen LogP contribution in [0.25, 0.3) is 22.4 Å². The van der Waals surface area contributed by atoms with Crippen molar-refractivity contribution in [3.8, 4) is 33.9 Å². The van der Waals surface area contributed by atoms with E-state index in [-0.39, 0.29) is 12.3 Å². The van der Waals surface area contributed by atoms with E-state index in [2.05, 4.69) is 20.3 Å². The minimum Gasteiger partial charge on any atom is -0.455 e. The monoisotopic (exact) mass is 459 g/mol. The number of nitrogens with one attached hydrogen (secondary N) is 1. The van der Waals surface area contributed by atoms with Crippen molar-refractivity contribution in [1.82, 2.24) is 20.3 Å². The van der Waals surface area contributed by atoms with Gasteiger partial charge < -0.3 is 15.8 Å². The third-order valence-electron chi connectivity index (χ3n) is 5.84. The smallest absolute Gasteiger partial charge is 0.222 e. The second-order valence-corrected chi connectivity index (χ2v) is 7.91. The Balaban J connectivity index is 1.70. The van der Waals surface area contributed by atoms with Gasteiger partial charge in [-0.2, -0.15) is 8.78 Å². The van der Waals surface area contributed by atoms with Crippen LogP contribution in [0.4, 0.5) is 8.78 Å². The maximum absolute atomic E-state index is 14.4. The zero-order valence-corrected chi connectivity index (χ0v) is 18.0. The van der Waals surface area contributed by atoms with E-state index in [1.54, 1.807) is 42.5 Å². The van der Waals surface area contributed by atoms with E-state index >= 15 is 0 Å². The zero-order chi connectivity index (χ0) is 23.9. The molecule has 1 amide bonds. The van der Waals surface area contributed by atoms with Gasteiger partial charge in [0, 0.05) is 47.8 Å². The summed E-state index contributed by atoms with van der Waals surface area (Å²) in [5, 5.41) is 2.61. The van der Waals surface area contributed by atoms with Gasteiger partial charge >= 0.3 is 0 Å². The third-order valence-corrected chi connectivity index (χ3v) is 5.84. The highest BCUT2D eigenvalue weighted by Gasteiger charge is 2.41. The van der Waals surface area contributed by atoms with Crippen LogP contribution in [-0.4, -0.2) is 27.9 Å². The molecule has 0 spiro atoms. The molecule has 5 rings (SSSR count). The number of pyridine rings is 3. The average Bonchev–Trinajstić information content (AvgIpc) is 2.84. The van der Waals surface area contributed by atoms with Crippen LogP contribution in [0.15, 0.2) is 67.1 Å². The predicted molar refractivity (Wildman–Crippen MR) is 121 cm³/mol. The summed E-state index contributed by atoms with van der Waals surface area (Å²) in [5.41, 5.74) is 8.38. The Morgan fingerprint density at radius 3 is 2.59 bits per heavy atom. The summed E-state index contributed by atoms with van der Waals surface area (Å²) >= 11 is 0. The number of hydrogen-bond acceptors (Lipinski definition) is 6. The van der Waals surface area contributed by atoms with E-state index in [1.807, 2.05) is 0 Å². The fourth-order valence-corrected chi connectivity index (χ4v) is 4.12. The quantitative estimate of drug-likeness (QED) is 0.449. The molecule has 0 saturated heterocycles. The second kappa shape index (κ2) is 8.27. The molecule has 1 aliphatic heterocycles. The van der Waals surface area contributed by atoms with E-state index in [1.165, 1.54) is 31.7 Å². The molecule has 7 nitrogen and oxygen atoms in total. The first-order chi connectivity index (χ1) is 16.4. The molecule has 170 valence electrons. The Kier molecular flexibility index (Phi) is 5.25. The van der Waals surface area contributed by atoms with Crippen LogP contribution in [0.5, 0.6) is 11.5 Å². The van der Waals surface area contributed by atoms with Crippen LogP contribution in [0, 0.1) is 11.9 Å². The average molecular weight is 459 g/mol. The van der Waals surface area contributed by atoms with Gasteiger partial charge in [-0.1, -0.05) is 6.07 Å². The molecular weight excluding hydrogens is 440 g/mol. The number of hydrogen-bond donors (Lipinski definition) is 2. The van der Waals surface area contributed by atoms with E-state index in [0.29, 0.717) is 45.0 Å². The minimum atomic E-state index is -1.33. The number of nitrogens with zero attached hydrogens (tertiary/aromatic N) is 3. The minimum absolute atomic E-state index is 0.111. The maximum atomic E-state index is 14.4. The van der Waals surface area contributed by atoms with Crippen molar-refractivity contribution in [2.24, 2.45) is 5.73 Å². The fourth-order valence-electron chi connectivity index (χ4n) is 4.12. The molecule has 3 aromatic heterocycles. The first kappa shape index (κ1) is 21.6. The lowest BCUT2D eigenvalue weighted by molar-refractivity contribution is -0.121. The van der Waals surface area contributed by atoms with Crippen LogP contribution in [0.3, 0.4) is 0 Å². The highest BCUT2D eigenvalue weighted by molar-refractivity contribution is 5.80. The van der Waals surface area contributed by atoms with Gasteiger partial charge in [0.15, 0.2) is 5.75 Å². The summed E-state index contributed by atoms with van der Waals surface area (Å²) in [6, 6.07) is 12.9. The summed E-state index contributed by atoms with van der Waals surface area (Å²) < 4.78 is 34.2. The first-order valence-corrected chi connectivity index (χ1v) is 10.4. The van der Waals surface area contributed by atoms with Gasteiger partial charge in [-0.25, -0.2) is 9.97 Å². The molecule has 1 aliphatic rings. The Hall–Kier alpha value is -4.24. The van der Waals surface area contributed by atoms with Crippen molar-refractivity contribution in [3.05, 3.63) is 90.1 Å². The van der Waals surface area contributed by atoms with Crippen molar-refractivity contribution in [2.75, 3.05) is 7.05 Å². The number of fused-ring (bicyclic) bond motifs is 2. The van der Waals surface area contributed by atoms with Crippen LogP contribution in [0.1, 0.15) is 17.5 Å². The normalized spacial score (nSPS) is 16.2. The Morgan fingerprint density at radius 1 is 1.00 bits per heavy atom. The number of halogens is 2. The molecule has 1 atom stereocenters. The summed E-state index contributed by atoms with van der Waals surface area (Å²) in [6.45, 7) is 0. The predicted octanol–water partition coefficient (Wildman–Crippen LogP) is 3.93. The topological polar surface area (TPSA) is 103 Å². The van der Waals surface area contributed by atoms with Gasteiger partial charge in [-0.3, -0.25) is 9.78 Å². The second-order valence-electron chi connectivity index (χ2n) is 7.91. The number of amides is 1. The number of benzene rings is 1. The number of carbonyl (C=O) groups excluding carboxylic acids is 1. The first-order valence-electron chi connectivity index (χ1n) is 10.4. The molecule has 0 fully saturated rings. The molecule has 1 aromatic carbocycles. The summed E-state index contributed by atoms with van der Waals surface area (Å²) in [5.74, 6) is -0.771. The largest absolute Gasteiger partial charge is 0.455 e. The lowest BCUT2D eigenvalue weighted by Gasteiger charge is -2.37. The molecule has 3 N–H and O–H groups in total. The van der Waals surface area contributed by atoms with E-state index in [9.17, 15) is 13.6 Å². The number of aromatic nitrogens is 3. The fraction of sp³-hybridized carbons (Fsp3) is 0.120. The van der Waals surface area contributed by atoms with E-state index < -0.39 is 17.4 Å². The van der Waals surface area contributed by atoms with Crippen molar-refractivity contribution in [1.29, 1.82) is 0 Å². The molecule has 1 unspecified atom stereocenters. The Labute approximate surface area is 193 Å². The summed E-state index contributed by atoms with van der Waals surface area (Å²) in [7, 11) is 1.52. The van der Waals surface area contributed by atoms with Crippen molar-refractivity contribution in [2.45, 2.75) is 12.0 Å². The van der Waals surface area contributed by atoms with Crippen molar-refractivity contribution in [3.63, 3.8) is 0 Å². The number of rotatable bonds is 4. The maximum Gasteiger partial charge on any atom is 0.222 e. The highest BCUT2D eigenvalue weighted by atomic mass is 19.1. The Morgan fingerprint density at radius 2 is 1.82 bits per heavy atom. The van der Waals surface area contributed by atoms with Crippen molar-refractivity contribution >= 4 is 5.91 Å². The summed E-state index contributed by atoms with van der Waals surface area (Å²) in [6.07, 6.45) is 4.09. The summed E-state index contributed by atoms with van der Waals surface area (Å²) in [4.78, 5) is 24.2. The van der Waals surface area contributed by atoms with Gasteiger partial charge in [0.2, 0.25) is 17.8 Å². The molecule has 34 heavy (non-hydrogen) atoms. The van der Waals surface area contributed by atoms with Crippen LogP contribution in [-0.2, 0) is 10.3 Å². The van der Waals surface area contributed by atoms with Crippen molar-refractivity contribution < 1.29 is 18.3 Å². The number of nitrogens with two attached hydrogens (primary N) is 1. The molecule has 4 aromatic rings. The highest BCUT2D eigenvalue weighted by Crippen LogP contribution is 2.48. The molecule has 0 saturated carbocycles. The molecule has 9 heteroatoms. The lowest BCUT2D eigenvalue weighted by Crippen LogP contribution is -2.44. The molecule has 0 radical (unpaired) electrons. The van der Waals surface area contributed by atoms with Gasteiger partial charge in [0.25, 0.3) is 0 Å². The van der Waals surface area contributed by atoms with Crippen LogP contribution >= 0.6 is 0 Å². The van der Waals surface area contributed by atoms with Crippen LogP contribution in [0.2, 0.25) is 0 Å². The molecule has 0 bridgehead atoms. The van der Waals surface area contributed by atoms with E-state index in [0.717, 1.165) is 0 Å². The molecular formula is C25H19F2N5O2.